The van der Waals surface area contributed by atoms with Crippen LogP contribution >= 0.6 is 15.9 Å². The molecule has 0 radical (unpaired) electrons. The molecule has 2 rings (SSSR count). The number of hydrogen-bond acceptors (Lipinski definition) is 3. The summed E-state index contributed by atoms with van der Waals surface area (Å²) in [6, 6.07) is 5.50. The van der Waals surface area contributed by atoms with Crippen LogP contribution in [0.15, 0.2) is 28.9 Å². The van der Waals surface area contributed by atoms with Crippen LogP contribution in [0.5, 0.6) is 5.75 Å². The molecule has 0 unspecified atom stereocenters. The first-order chi connectivity index (χ1) is 9.31. The van der Waals surface area contributed by atoms with Crippen LogP contribution in [0.1, 0.15) is 5.69 Å². The summed E-state index contributed by atoms with van der Waals surface area (Å²) in [6.07, 6.45) is -4.74. The Morgan fingerprint density at radius 3 is 2.65 bits per heavy atom. The maximum Gasteiger partial charge on any atom is 0.573 e. The number of aromatic nitrogens is 2. The van der Waals surface area contributed by atoms with Crippen molar-refractivity contribution in [2.24, 2.45) is 7.05 Å². The number of aliphatic hydroxyl groups is 1. The van der Waals surface area contributed by atoms with Gasteiger partial charge in [-0.05, 0) is 28.1 Å². The number of benzene rings is 1. The summed E-state index contributed by atoms with van der Waals surface area (Å²) in [4.78, 5) is 4.17. The molecule has 0 aliphatic rings. The van der Waals surface area contributed by atoms with Gasteiger partial charge in [-0.15, -0.1) is 13.2 Å². The number of rotatable bonds is 3. The van der Waals surface area contributed by atoms with Crippen molar-refractivity contribution in [3.63, 3.8) is 0 Å². The van der Waals surface area contributed by atoms with Crippen molar-refractivity contribution in [2.75, 3.05) is 0 Å². The van der Waals surface area contributed by atoms with Gasteiger partial charge in [0.15, 0.2) is 0 Å². The van der Waals surface area contributed by atoms with E-state index < -0.39 is 6.36 Å². The predicted molar refractivity (Wildman–Crippen MR) is 68.9 cm³/mol. The summed E-state index contributed by atoms with van der Waals surface area (Å²) >= 11 is 3.19. The van der Waals surface area contributed by atoms with E-state index in [1.165, 1.54) is 18.2 Å². The van der Waals surface area contributed by atoms with Crippen LogP contribution < -0.4 is 4.74 Å². The summed E-state index contributed by atoms with van der Waals surface area (Å²) in [5.41, 5.74) is 0.983. The maximum absolute atomic E-state index is 12.2. The molecule has 1 aromatic heterocycles. The lowest BCUT2D eigenvalue weighted by Gasteiger charge is -2.10. The van der Waals surface area contributed by atoms with E-state index in [1.807, 2.05) is 0 Å². The number of ether oxygens (including phenoxy) is 1. The first kappa shape index (κ1) is 14.9. The summed E-state index contributed by atoms with van der Waals surface area (Å²) in [7, 11) is 1.66. The molecule has 108 valence electrons. The molecule has 1 aromatic carbocycles. The van der Waals surface area contributed by atoms with E-state index >= 15 is 0 Å². The molecule has 0 atom stereocenters. The van der Waals surface area contributed by atoms with Crippen molar-refractivity contribution in [3.8, 4) is 17.1 Å². The molecule has 0 saturated carbocycles. The highest BCUT2D eigenvalue weighted by Gasteiger charge is 2.31. The second kappa shape index (κ2) is 5.45. The molecule has 0 aliphatic heterocycles. The molecule has 4 nitrogen and oxygen atoms in total. The van der Waals surface area contributed by atoms with Gasteiger partial charge in [0, 0.05) is 12.6 Å². The smallest absolute Gasteiger partial charge is 0.406 e. The zero-order chi connectivity index (χ0) is 14.9. The van der Waals surface area contributed by atoms with Crippen LogP contribution in [0.4, 0.5) is 13.2 Å². The van der Waals surface area contributed by atoms with E-state index in [1.54, 1.807) is 17.7 Å². The largest absolute Gasteiger partial charge is 0.573 e. The van der Waals surface area contributed by atoms with E-state index in [4.69, 9.17) is 0 Å². The van der Waals surface area contributed by atoms with Gasteiger partial charge in [0.05, 0.1) is 12.3 Å². The molecular weight excluding hydrogens is 341 g/mol. The van der Waals surface area contributed by atoms with Crippen molar-refractivity contribution in [2.45, 2.75) is 13.0 Å². The average Bonchev–Trinajstić information content (AvgIpc) is 2.62. The lowest BCUT2D eigenvalue weighted by molar-refractivity contribution is -0.274. The van der Waals surface area contributed by atoms with Gasteiger partial charge in [-0.2, -0.15) is 0 Å². The topological polar surface area (TPSA) is 47.3 Å². The number of nitrogens with zero attached hydrogens (tertiary/aromatic N) is 2. The zero-order valence-electron chi connectivity index (χ0n) is 10.3. The van der Waals surface area contributed by atoms with Crippen LogP contribution in [-0.2, 0) is 13.7 Å². The standard InChI is InChI=1S/C12H10BrF3N2O2/c1-18-9(6-19)10(13)17-11(18)7-3-2-4-8(5-7)20-12(14,15)16/h2-5,19H,6H2,1H3. The third-order valence-corrected chi connectivity index (χ3v) is 3.28. The van der Waals surface area contributed by atoms with Gasteiger partial charge in [0.2, 0.25) is 0 Å². The molecule has 2 aromatic rings. The highest BCUT2D eigenvalue weighted by atomic mass is 79.9. The minimum absolute atomic E-state index is 0.233. The Labute approximate surface area is 120 Å². The van der Waals surface area contributed by atoms with Crippen molar-refractivity contribution < 1.29 is 23.0 Å². The SMILES string of the molecule is Cn1c(-c2cccc(OC(F)(F)F)c2)nc(Br)c1CO. The van der Waals surface area contributed by atoms with Gasteiger partial charge in [-0.3, -0.25) is 0 Å². The second-order valence-corrected chi connectivity index (χ2v) is 4.72. The molecule has 20 heavy (non-hydrogen) atoms. The quantitative estimate of drug-likeness (QED) is 0.924. The molecular formula is C12H10BrF3N2O2. The average molecular weight is 351 g/mol. The predicted octanol–water partition coefficient (Wildman–Crippen LogP) is 3.24. The Morgan fingerprint density at radius 2 is 2.10 bits per heavy atom. The second-order valence-electron chi connectivity index (χ2n) is 3.97. The number of halogens is 4. The summed E-state index contributed by atoms with van der Waals surface area (Å²) < 4.78 is 42.5. The van der Waals surface area contributed by atoms with Crippen LogP contribution in [0, 0.1) is 0 Å². The highest BCUT2D eigenvalue weighted by Crippen LogP contribution is 2.29. The van der Waals surface area contributed by atoms with E-state index in [0.29, 0.717) is 21.7 Å². The molecule has 0 fully saturated rings. The summed E-state index contributed by atoms with van der Waals surface area (Å²) in [5.74, 6) is 0.105. The third-order valence-electron chi connectivity index (χ3n) is 2.64. The fraction of sp³-hybridized carbons (Fsp3) is 0.250. The van der Waals surface area contributed by atoms with Gasteiger partial charge in [-0.1, -0.05) is 12.1 Å². The van der Waals surface area contributed by atoms with Crippen LogP contribution in [0.3, 0.4) is 0 Å². The van der Waals surface area contributed by atoms with Crippen LogP contribution in [0.25, 0.3) is 11.4 Å². The summed E-state index contributed by atoms with van der Waals surface area (Å²) in [5, 5.41) is 9.20. The Hall–Kier alpha value is -1.54. The third kappa shape index (κ3) is 3.13. The Balaban J connectivity index is 2.41. The zero-order valence-corrected chi connectivity index (χ0v) is 11.9. The first-order valence-corrected chi connectivity index (χ1v) is 6.29. The molecule has 1 N–H and O–H groups in total. The van der Waals surface area contributed by atoms with Crippen molar-refractivity contribution in [1.82, 2.24) is 9.55 Å². The van der Waals surface area contributed by atoms with Crippen molar-refractivity contribution in [1.29, 1.82) is 0 Å². The van der Waals surface area contributed by atoms with Crippen molar-refractivity contribution >= 4 is 15.9 Å². The van der Waals surface area contributed by atoms with E-state index in [-0.39, 0.29) is 12.4 Å². The normalized spacial score (nSPS) is 11.7. The minimum Gasteiger partial charge on any atom is -0.406 e. The number of imidazole rings is 1. The molecule has 8 heteroatoms. The maximum atomic E-state index is 12.2. The fourth-order valence-electron chi connectivity index (χ4n) is 1.76. The number of hydrogen-bond donors (Lipinski definition) is 1. The fourth-order valence-corrected chi connectivity index (χ4v) is 2.32. The molecule has 0 saturated heterocycles. The molecule has 0 spiro atoms. The monoisotopic (exact) mass is 350 g/mol. The lowest BCUT2D eigenvalue weighted by atomic mass is 10.2. The lowest BCUT2D eigenvalue weighted by Crippen LogP contribution is -2.17. The molecule has 1 heterocycles. The Kier molecular flexibility index (Phi) is 4.05. The number of aliphatic hydroxyl groups excluding tert-OH is 1. The first-order valence-electron chi connectivity index (χ1n) is 5.50. The van der Waals surface area contributed by atoms with Gasteiger partial charge >= 0.3 is 6.36 Å². The van der Waals surface area contributed by atoms with E-state index in [0.717, 1.165) is 0 Å². The van der Waals surface area contributed by atoms with E-state index in [9.17, 15) is 18.3 Å². The molecule has 0 aliphatic carbocycles. The Morgan fingerprint density at radius 1 is 1.40 bits per heavy atom. The van der Waals surface area contributed by atoms with Gasteiger partial charge in [-0.25, -0.2) is 4.98 Å². The van der Waals surface area contributed by atoms with Gasteiger partial charge < -0.3 is 14.4 Å². The Bertz CT molecular complexity index is 626. The number of alkyl halides is 3. The summed E-state index contributed by atoms with van der Waals surface area (Å²) in [6.45, 7) is -0.233. The molecule has 0 amide bonds. The van der Waals surface area contributed by atoms with Crippen LogP contribution in [-0.4, -0.2) is 21.0 Å². The van der Waals surface area contributed by atoms with E-state index in [2.05, 4.69) is 25.7 Å². The highest BCUT2D eigenvalue weighted by molar-refractivity contribution is 9.10. The molecule has 0 bridgehead atoms. The minimum atomic E-state index is -4.74. The van der Waals surface area contributed by atoms with Crippen LogP contribution in [0.2, 0.25) is 0 Å². The van der Waals surface area contributed by atoms with Crippen molar-refractivity contribution in [3.05, 3.63) is 34.6 Å². The van der Waals surface area contributed by atoms with Gasteiger partial charge in [0.25, 0.3) is 0 Å². The van der Waals surface area contributed by atoms with Gasteiger partial charge in [0.1, 0.15) is 16.2 Å².